The molecule has 0 aromatic carbocycles. The second-order valence-electron chi connectivity index (χ2n) is 8.20. The summed E-state index contributed by atoms with van der Waals surface area (Å²) in [5, 5.41) is 10.3. The first-order chi connectivity index (χ1) is 11.4. The zero-order chi connectivity index (χ0) is 19.5. The van der Waals surface area contributed by atoms with Gasteiger partial charge in [-0.1, -0.05) is 13.8 Å². The van der Waals surface area contributed by atoms with Gasteiger partial charge in [-0.25, -0.2) is 0 Å². The maximum Gasteiger partial charge on any atom is 0.358 e. The molecule has 1 rings (SSSR count). The number of ether oxygens (including phenoxy) is 1. The zero-order valence-corrected chi connectivity index (χ0v) is 18.7. The van der Waals surface area contributed by atoms with E-state index in [0.29, 0.717) is 5.92 Å². The molecule has 1 heterocycles. The van der Waals surface area contributed by atoms with Crippen LogP contribution in [0.15, 0.2) is 0 Å². The quantitative estimate of drug-likeness (QED) is 0.438. The van der Waals surface area contributed by atoms with Gasteiger partial charge >= 0.3 is 7.60 Å². The lowest BCUT2D eigenvalue weighted by molar-refractivity contribution is 0.0452. The van der Waals surface area contributed by atoms with E-state index in [2.05, 4.69) is 13.8 Å². The Morgan fingerprint density at radius 1 is 1.32 bits per heavy atom. The van der Waals surface area contributed by atoms with Crippen molar-refractivity contribution in [3.05, 3.63) is 0 Å². The average Bonchev–Trinajstić information content (AvgIpc) is 2.77. The summed E-state index contributed by atoms with van der Waals surface area (Å²) in [5.41, 5.74) is 0. The van der Waals surface area contributed by atoms with Crippen LogP contribution in [0, 0.1) is 5.92 Å². The van der Waals surface area contributed by atoms with Crippen LogP contribution in [-0.2, 0) is 18.3 Å². The lowest BCUT2D eigenvalue weighted by atomic mass is 9.80. The van der Waals surface area contributed by atoms with Gasteiger partial charge in [0, 0.05) is 12.4 Å². The van der Waals surface area contributed by atoms with Gasteiger partial charge in [0.1, 0.15) is 7.85 Å². The van der Waals surface area contributed by atoms with Gasteiger partial charge < -0.3 is 23.7 Å². The van der Waals surface area contributed by atoms with Crippen LogP contribution in [0.3, 0.4) is 0 Å². The normalized spacial score (nSPS) is 26.8. The largest absolute Gasteiger partial charge is 0.432 e. The number of rotatable bonds is 10. The highest BCUT2D eigenvalue weighted by molar-refractivity contribution is 7.54. The van der Waals surface area contributed by atoms with E-state index < -0.39 is 21.8 Å². The van der Waals surface area contributed by atoms with Gasteiger partial charge in [-0.2, -0.15) is 0 Å². The molecule has 0 saturated carbocycles. The van der Waals surface area contributed by atoms with E-state index in [9.17, 15) is 14.5 Å². The number of aliphatic hydroxyl groups is 1. The number of aliphatic hydroxyl groups excluding tert-OH is 1. The predicted molar refractivity (Wildman–Crippen MR) is 105 cm³/mol. The predicted octanol–water partition coefficient (Wildman–Crippen LogP) is 2.69. The fourth-order valence-electron chi connectivity index (χ4n) is 3.24. The van der Waals surface area contributed by atoms with Crippen LogP contribution >= 0.6 is 7.60 Å². The summed E-state index contributed by atoms with van der Waals surface area (Å²) in [6.07, 6.45) is 1.72. The van der Waals surface area contributed by atoms with Crippen LogP contribution in [0.2, 0.25) is 18.1 Å². The maximum absolute atomic E-state index is 12.6. The number of hydrogen-bond acceptors (Lipinski definition) is 6. The van der Waals surface area contributed by atoms with Gasteiger partial charge in [-0.05, 0) is 50.7 Å². The molecule has 0 aromatic rings. The van der Waals surface area contributed by atoms with Crippen molar-refractivity contribution >= 4 is 23.8 Å². The van der Waals surface area contributed by atoms with Gasteiger partial charge in [0.15, 0.2) is 14.2 Å². The van der Waals surface area contributed by atoms with Crippen molar-refractivity contribution in [2.24, 2.45) is 5.92 Å². The molecule has 0 aromatic heterocycles. The van der Waals surface area contributed by atoms with Crippen LogP contribution in [0.5, 0.6) is 0 Å². The van der Waals surface area contributed by atoms with E-state index in [-0.39, 0.29) is 36.8 Å². The van der Waals surface area contributed by atoms with E-state index in [1.165, 1.54) is 0 Å². The minimum absolute atomic E-state index is 0.0476. The highest BCUT2D eigenvalue weighted by atomic mass is 31.2. The lowest BCUT2D eigenvalue weighted by Gasteiger charge is -2.37. The standard InChI is InChI=1S/C16H36BO6PSi/c1-7-21-24(19,22-8-2)14(18)10-13-9-12(15(17)23-13)11-16(3,4)25(5,6)20/h12-15,18,20H,7-11,17H2,1-6H3/t12-,13+,14?,15-/m1/s1. The Labute approximate surface area is 154 Å². The molecule has 1 aliphatic heterocycles. The van der Waals surface area contributed by atoms with Crippen LogP contribution in [0.4, 0.5) is 0 Å². The smallest absolute Gasteiger partial charge is 0.358 e. The molecule has 0 bridgehead atoms. The molecule has 0 aliphatic carbocycles. The lowest BCUT2D eigenvalue weighted by Crippen LogP contribution is -2.41. The molecule has 148 valence electrons. The fourth-order valence-corrected chi connectivity index (χ4v) is 5.63. The van der Waals surface area contributed by atoms with E-state index in [1.54, 1.807) is 13.8 Å². The minimum atomic E-state index is -3.53. The highest BCUT2D eigenvalue weighted by Gasteiger charge is 2.45. The molecule has 0 radical (unpaired) electrons. The third-order valence-electron chi connectivity index (χ3n) is 5.52. The summed E-state index contributed by atoms with van der Waals surface area (Å²) in [6, 6.07) is 0.0476. The Balaban J connectivity index is 2.70. The molecule has 2 N–H and O–H groups in total. The van der Waals surface area contributed by atoms with E-state index >= 15 is 0 Å². The van der Waals surface area contributed by atoms with Crippen molar-refractivity contribution in [2.75, 3.05) is 13.2 Å². The molecular weight excluding hydrogens is 358 g/mol. The Morgan fingerprint density at radius 2 is 1.84 bits per heavy atom. The molecule has 1 fully saturated rings. The Morgan fingerprint density at radius 3 is 2.28 bits per heavy atom. The first-order valence-corrected chi connectivity index (χ1v) is 13.9. The average molecular weight is 394 g/mol. The summed E-state index contributed by atoms with van der Waals surface area (Å²) in [7, 11) is -3.77. The maximum atomic E-state index is 12.6. The van der Waals surface area contributed by atoms with Crippen molar-refractivity contribution in [1.82, 2.24) is 0 Å². The van der Waals surface area contributed by atoms with E-state index in [0.717, 1.165) is 12.8 Å². The molecule has 1 aliphatic rings. The second kappa shape index (κ2) is 9.00. The molecule has 9 heteroatoms. The molecule has 4 atom stereocenters. The third kappa shape index (κ3) is 6.16. The topological polar surface area (TPSA) is 85.2 Å². The highest BCUT2D eigenvalue weighted by Crippen LogP contribution is 2.54. The van der Waals surface area contributed by atoms with Crippen LogP contribution in [-0.4, -0.2) is 57.2 Å². The molecule has 1 unspecified atom stereocenters. The summed E-state index contributed by atoms with van der Waals surface area (Å²) in [6.45, 7) is 12.1. The fraction of sp³-hybridized carbons (Fsp3) is 1.00. The van der Waals surface area contributed by atoms with Crippen molar-refractivity contribution in [3.63, 3.8) is 0 Å². The van der Waals surface area contributed by atoms with Gasteiger partial charge in [0.2, 0.25) is 0 Å². The van der Waals surface area contributed by atoms with Crippen molar-refractivity contribution < 1.29 is 28.3 Å². The van der Waals surface area contributed by atoms with Crippen LogP contribution in [0.25, 0.3) is 0 Å². The summed E-state index contributed by atoms with van der Waals surface area (Å²) in [5.74, 6) is -0.871. The number of hydrogen-bond donors (Lipinski definition) is 2. The third-order valence-corrected chi connectivity index (χ3v) is 11.2. The Bertz CT molecular complexity index is 460. The second-order valence-corrected chi connectivity index (χ2v) is 14.9. The summed E-state index contributed by atoms with van der Waals surface area (Å²) in [4.78, 5) is 10.5. The molecule has 1 saturated heterocycles. The van der Waals surface area contributed by atoms with Gasteiger partial charge in [-0.3, -0.25) is 4.57 Å². The Hall–Kier alpha value is 0.312. The SMILES string of the molecule is B[C@@H]1O[C@H](CC(O)P(=O)(OCC)OCC)C[C@@H]1CC(C)(C)[Si](C)(C)O. The van der Waals surface area contributed by atoms with Crippen molar-refractivity contribution in [3.8, 4) is 0 Å². The molecular formula is C16H36BO6PSi. The van der Waals surface area contributed by atoms with Crippen molar-refractivity contribution in [1.29, 1.82) is 0 Å². The molecule has 0 amide bonds. The summed E-state index contributed by atoms with van der Waals surface area (Å²) >= 11 is 0. The van der Waals surface area contributed by atoms with Gasteiger partial charge in [0.25, 0.3) is 0 Å². The van der Waals surface area contributed by atoms with E-state index in [1.807, 2.05) is 20.9 Å². The molecule has 6 nitrogen and oxygen atoms in total. The van der Waals surface area contributed by atoms with Gasteiger partial charge in [0.05, 0.1) is 19.3 Å². The monoisotopic (exact) mass is 394 g/mol. The van der Waals surface area contributed by atoms with Crippen LogP contribution < -0.4 is 0 Å². The first kappa shape index (κ1) is 23.4. The Kier molecular flexibility index (Phi) is 8.41. The zero-order valence-electron chi connectivity index (χ0n) is 16.8. The van der Waals surface area contributed by atoms with Crippen molar-refractivity contribution in [2.45, 2.75) is 83.0 Å². The first-order valence-electron chi connectivity index (χ1n) is 9.31. The summed E-state index contributed by atoms with van der Waals surface area (Å²) < 4.78 is 29.1. The van der Waals surface area contributed by atoms with Crippen LogP contribution in [0.1, 0.15) is 47.0 Å². The van der Waals surface area contributed by atoms with Gasteiger partial charge in [-0.15, -0.1) is 0 Å². The minimum Gasteiger partial charge on any atom is -0.432 e. The molecule has 0 spiro atoms. The molecule has 25 heavy (non-hydrogen) atoms. The van der Waals surface area contributed by atoms with E-state index in [4.69, 9.17) is 13.8 Å².